The Morgan fingerprint density at radius 3 is 1.66 bits per heavy atom. The predicted molar refractivity (Wildman–Crippen MR) is 118 cm³/mol. The summed E-state index contributed by atoms with van der Waals surface area (Å²) in [4.78, 5) is 26.8. The molecule has 0 radical (unpaired) electrons. The van der Waals surface area contributed by atoms with Crippen molar-refractivity contribution >= 4 is 29.2 Å². The Kier molecular flexibility index (Phi) is 6.98. The van der Waals surface area contributed by atoms with Crippen molar-refractivity contribution in [2.24, 2.45) is 0 Å². The van der Waals surface area contributed by atoms with Crippen LogP contribution in [0.15, 0.2) is 83.7 Å². The Bertz CT molecular complexity index is 905. The molecule has 0 spiro atoms. The number of hydrogen-bond acceptors (Lipinski definition) is 3. The van der Waals surface area contributed by atoms with E-state index in [2.05, 4.69) is 10.6 Å². The second-order valence-electron chi connectivity index (χ2n) is 6.79. The maximum Gasteiger partial charge on any atom is 0.257 e. The maximum absolute atomic E-state index is 13.0. The molecule has 4 nitrogen and oxygen atoms in total. The fraction of sp³-hybridized carbons (Fsp3) is 0.167. The summed E-state index contributed by atoms with van der Waals surface area (Å²) in [6.45, 7) is 3.81. The molecule has 0 bridgehead atoms. The van der Waals surface area contributed by atoms with Crippen LogP contribution < -0.4 is 10.6 Å². The van der Waals surface area contributed by atoms with E-state index < -0.39 is 11.8 Å². The van der Waals surface area contributed by atoms with Gasteiger partial charge in [-0.2, -0.15) is 0 Å². The van der Waals surface area contributed by atoms with Crippen LogP contribution in [0.4, 0.5) is 0 Å². The van der Waals surface area contributed by atoms with Crippen LogP contribution in [0.5, 0.6) is 0 Å². The summed E-state index contributed by atoms with van der Waals surface area (Å²) in [5.74, 6) is -0.792. The summed E-state index contributed by atoms with van der Waals surface area (Å²) in [5, 5.41) is 7.79. The Hall–Kier alpha value is -3.18. The molecule has 29 heavy (non-hydrogen) atoms. The number of hydrogen-bond donors (Lipinski definition) is 2. The fourth-order valence-corrected chi connectivity index (χ4v) is 3.61. The molecule has 5 heteroatoms. The zero-order chi connectivity index (χ0) is 20.6. The zero-order valence-corrected chi connectivity index (χ0v) is 17.3. The molecule has 0 aliphatic carbocycles. The normalized spacial score (nSPS) is 12.5. The average Bonchev–Trinajstić information content (AvgIpc) is 3.26. The van der Waals surface area contributed by atoms with Crippen LogP contribution >= 0.6 is 11.3 Å². The first kappa shape index (κ1) is 20.6. The molecule has 0 aliphatic heterocycles. The second kappa shape index (κ2) is 9.85. The molecule has 2 amide bonds. The van der Waals surface area contributed by atoms with Crippen LogP contribution in [-0.4, -0.2) is 11.8 Å². The monoisotopic (exact) mass is 404 g/mol. The molecule has 2 atom stereocenters. The van der Waals surface area contributed by atoms with Gasteiger partial charge in [-0.05, 0) is 42.5 Å². The Balaban J connectivity index is 1.79. The largest absolute Gasteiger partial charge is 0.345 e. The minimum absolute atomic E-state index is 0.0954. The van der Waals surface area contributed by atoms with Crippen molar-refractivity contribution in [1.29, 1.82) is 0 Å². The van der Waals surface area contributed by atoms with E-state index in [1.54, 1.807) is 6.08 Å². The van der Waals surface area contributed by atoms with E-state index in [9.17, 15) is 9.59 Å². The molecular weight excluding hydrogens is 380 g/mol. The third-order valence-corrected chi connectivity index (χ3v) is 5.43. The highest BCUT2D eigenvalue weighted by Gasteiger charge is 2.22. The highest BCUT2D eigenvalue weighted by molar-refractivity contribution is 7.10. The minimum Gasteiger partial charge on any atom is -0.345 e. The standard InChI is InChI=1S/C24H24N2O2S/c1-17(19-10-5-3-6-11-19)25-23(27)22(16-21-14-9-15-29-21)24(28)26-18(2)20-12-7-4-8-13-20/h3-18H,1-2H3,(H,25,27)(H,26,28)/t17-,18-/m1/s1. The third-order valence-electron chi connectivity index (χ3n) is 4.61. The molecular formula is C24H24N2O2S. The quantitative estimate of drug-likeness (QED) is 0.335. The first-order chi connectivity index (χ1) is 14.0. The number of benzene rings is 2. The number of amides is 2. The number of thiophene rings is 1. The van der Waals surface area contributed by atoms with E-state index in [1.165, 1.54) is 11.3 Å². The first-order valence-corrected chi connectivity index (χ1v) is 10.4. The highest BCUT2D eigenvalue weighted by Crippen LogP contribution is 2.18. The molecule has 0 unspecified atom stereocenters. The predicted octanol–water partition coefficient (Wildman–Crippen LogP) is 4.89. The van der Waals surface area contributed by atoms with Gasteiger partial charge < -0.3 is 10.6 Å². The summed E-state index contributed by atoms with van der Waals surface area (Å²) < 4.78 is 0. The SMILES string of the molecule is C[C@@H](NC(=O)C(=Cc1cccs1)C(=O)N[C@H](C)c1ccccc1)c1ccccc1. The van der Waals surface area contributed by atoms with E-state index in [-0.39, 0.29) is 17.7 Å². The van der Waals surface area contributed by atoms with Crippen LogP contribution in [0.2, 0.25) is 0 Å². The lowest BCUT2D eigenvalue weighted by Crippen LogP contribution is -2.36. The van der Waals surface area contributed by atoms with E-state index in [0.717, 1.165) is 16.0 Å². The smallest absolute Gasteiger partial charge is 0.257 e. The Morgan fingerprint density at radius 2 is 1.24 bits per heavy atom. The van der Waals surface area contributed by atoms with Crippen molar-refractivity contribution in [1.82, 2.24) is 10.6 Å². The van der Waals surface area contributed by atoms with Gasteiger partial charge in [0.05, 0.1) is 12.1 Å². The number of carbonyl (C=O) groups is 2. The lowest BCUT2D eigenvalue weighted by molar-refractivity contribution is -0.124. The summed E-state index contributed by atoms with van der Waals surface area (Å²) >= 11 is 1.48. The van der Waals surface area contributed by atoms with E-state index in [4.69, 9.17) is 0 Å². The van der Waals surface area contributed by atoms with Gasteiger partial charge in [-0.25, -0.2) is 0 Å². The Labute approximate surface area is 175 Å². The molecule has 3 rings (SSSR count). The molecule has 1 aromatic heterocycles. The average molecular weight is 405 g/mol. The second-order valence-corrected chi connectivity index (χ2v) is 7.76. The maximum atomic E-state index is 13.0. The Morgan fingerprint density at radius 1 is 0.759 bits per heavy atom. The molecule has 1 heterocycles. The topological polar surface area (TPSA) is 58.2 Å². The number of carbonyl (C=O) groups excluding carboxylic acids is 2. The summed E-state index contributed by atoms with van der Waals surface area (Å²) in [6.07, 6.45) is 1.64. The number of rotatable bonds is 7. The van der Waals surface area contributed by atoms with Gasteiger partial charge in [0, 0.05) is 4.88 Å². The van der Waals surface area contributed by atoms with Gasteiger partial charge in [0.2, 0.25) is 0 Å². The van der Waals surface area contributed by atoms with Crippen molar-refractivity contribution in [2.45, 2.75) is 25.9 Å². The molecule has 0 saturated carbocycles. The van der Waals surface area contributed by atoms with Crippen LogP contribution in [0.3, 0.4) is 0 Å². The molecule has 0 fully saturated rings. The molecule has 0 saturated heterocycles. The molecule has 2 aromatic carbocycles. The van der Waals surface area contributed by atoms with E-state index >= 15 is 0 Å². The van der Waals surface area contributed by atoms with E-state index in [0.29, 0.717) is 0 Å². The minimum atomic E-state index is -0.396. The fourth-order valence-electron chi connectivity index (χ4n) is 2.95. The lowest BCUT2D eigenvalue weighted by Gasteiger charge is -2.18. The van der Waals surface area contributed by atoms with Crippen LogP contribution in [0.1, 0.15) is 41.9 Å². The van der Waals surface area contributed by atoms with E-state index in [1.807, 2.05) is 92.0 Å². The van der Waals surface area contributed by atoms with Crippen molar-refractivity contribution in [2.75, 3.05) is 0 Å². The molecule has 3 aromatic rings. The van der Waals surface area contributed by atoms with Crippen molar-refractivity contribution < 1.29 is 9.59 Å². The third kappa shape index (κ3) is 5.65. The summed E-state index contributed by atoms with van der Waals surface area (Å²) in [6, 6.07) is 22.7. The van der Waals surface area contributed by atoms with Gasteiger partial charge in [0.25, 0.3) is 11.8 Å². The zero-order valence-electron chi connectivity index (χ0n) is 16.5. The number of nitrogens with one attached hydrogen (secondary N) is 2. The summed E-state index contributed by atoms with van der Waals surface area (Å²) in [7, 11) is 0. The van der Waals surface area contributed by atoms with Crippen molar-refractivity contribution in [3.8, 4) is 0 Å². The molecule has 148 valence electrons. The van der Waals surface area contributed by atoms with Crippen LogP contribution in [0, 0.1) is 0 Å². The molecule has 0 aliphatic rings. The lowest BCUT2D eigenvalue weighted by atomic mass is 10.1. The van der Waals surface area contributed by atoms with Crippen molar-refractivity contribution in [3.63, 3.8) is 0 Å². The molecule has 2 N–H and O–H groups in total. The van der Waals surface area contributed by atoms with Crippen LogP contribution in [0.25, 0.3) is 6.08 Å². The first-order valence-electron chi connectivity index (χ1n) is 9.51. The summed E-state index contributed by atoms with van der Waals surface area (Å²) in [5.41, 5.74) is 2.06. The van der Waals surface area contributed by atoms with Gasteiger partial charge in [-0.3, -0.25) is 9.59 Å². The van der Waals surface area contributed by atoms with Crippen LogP contribution in [-0.2, 0) is 9.59 Å². The van der Waals surface area contributed by atoms with Gasteiger partial charge in [0.15, 0.2) is 0 Å². The van der Waals surface area contributed by atoms with Gasteiger partial charge in [-0.15, -0.1) is 11.3 Å². The van der Waals surface area contributed by atoms with Gasteiger partial charge >= 0.3 is 0 Å². The highest BCUT2D eigenvalue weighted by atomic mass is 32.1. The van der Waals surface area contributed by atoms with Gasteiger partial charge in [0.1, 0.15) is 5.57 Å². The van der Waals surface area contributed by atoms with Gasteiger partial charge in [-0.1, -0.05) is 66.7 Å². The van der Waals surface area contributed by atoms with Crippen molar-refractivity contribution in [3.05, 3.63) is 99.8 Å².